The van der Waals surface area contributed by atoms with E-state index in [1.165, 1.54) is 11.5 Å². The number of anilines is 2. The Kier molecular flexibility index (Phi) is 6.11. The zero-order chi connectivity index (χ0) is 12.7. The van der Waals surface area contributed by atoms with Crippen LogP contribution in [-0.4, -0.2) is 34.6 Å². The van der Waals surface area contributed by atoms with E-state index >= 15 is 0 Å². The smallest absolute Gasteiger partial charge is 0.224 e. The monoisotopic (exact) mass is 254 g/mol. The molecule has 96 valence electrons. The van der Waals surface area contributed by atoms with E-state index in [0.717, 1.165) is 17.9 Å². The summed E-state index contributed by atoms with van der Waals surface area (Å²) in [5.74, 6) is 3.94. The lowest BCUT2D eigenvalue weighted by Crippen LogP contribution is -2.17. The summed E-state index contributed by atoms with van der Waals surface area (Å²) in [6, 6.07) is 2.41. The first-order valence-corrected chi connectivity index (χ1v) is 7.19. The van der Waals surface area contributed by atoms with Gasteiger partial charge in [-0.15, -0.1) is 0 Å². The third-order valence-electron chi connectivity index (χ3n) is 2.37. The second-order valence-electron chi connectivity index (χ2n) is 4.00. The molecule has 0 fully saturated rings. The average molecular weight is 254 g/mol. The Morgan fingerprint density at radius 3 is 2.82 bits per heavy atom. The molecule has 0 aromatic carbocycles. The van der Waals surface area contributed by atoms with Gasteiger partial charge in [0.25, 0.3) is 0 Å². The van der Waals surface area contributed by atoms with Crippen LogP contribution in [0.15, 0.2) is 6.07 Å². The van der Waals surface area contributed by atoms with Gasteiger partial charge in [0.2, 0.25) is 5.95 Å². The van der Waals surface area contributed by atoms with E-state index < -0.39 is 0 Å². The number of rotatable bonds is 7. The lowest BCUT2D eigenvalue weighted by molar-refractivity contribution is 0.765. The van der Waals surface area contributed by atoms with Gasteiger partial charge in [-0.05, 0) is 31.8 Å². The average Bonchev–Trinajstić information content (AvgIpc) is 2.28. The molecule has 1 aromatic rings. The molecule has 4 nitrogen and oxygen atoms in total. The van der Waals surface area contributed by atoms with Crippen molar-refractivity contribution in [3.8, 4) is 0 Å². The molecule has 1 rings (SSSR count). The Morgan fingerprint density at radius 1 is 1.41 bits per heavy atom. The second kappa shape index (κ2) is 7.37. The summed E-state index contributed by atoms with van der Waals surface area (Å²) >= 11 is 1.97. The van der Waals surface area contributed by atoms with Crippen molar-refractivity contribution < 1.29 is 0 Å². The topological polar surface area (TPSA) is 49.8 Å². The highest BCUT2D eigenvalue weighted by Gasteiger charge is 2.05. The van der Waals surface area contributed by atoms with Gasteiger partial charge in [0, 0.05) is 24.8 Å². The number of nitrogens with zero attached hydrogens (tertiary/aromatic N) is 2. The lowest BCUT2D eigenvalue weighted by Gasteiger charge is -2.15. The summed E-state index contributed by atoms with van der Waals surface area (Å²) in [4.78, 5) is 8.65. The highest BCUT2D eigenvalue weighted by atomic mass is 32.2. The molecule has 17 heavy (non-hydrogen) atoms. The fraction of sp³-hybridized carbons (Fsp3) is 0.667. The molecule has 1 unspecified atom stereocenters. The van der Waals surface area contributed by atoms with Gasteiger partial charge in [0.05, 0.1) is 0 Å². The minimum Gasteiger partial charge on any atom is -0.367 e. The predicted octanol–water partition coefficient (Wildman–Crippen LogP) is 2.77. The minimum atomic E-state index is 0.438. The van der Waals surface area contributed by atoms with Gasteiger partial charge in [-0.1, -0.05) is 6.92 Å². The number of thioether (sulfide) groups is 1. The minimum absolute atomic E-state index is 0.438. The normalized spacial score (nSPS) is 12.2. The van der Waals surface area contributed by atoms with E-state index in [0.29, 0.717) is 12.0 Å². The Hall–Kier alpha value is -0.970. The zero-order valence-electron chi connectivity index (χ0n) is 11.1. The van der Waals surface area contributed by atoms with Gasteiger partial charge in [-0.2, -0.15) is 16.7 Å². The molecule has 0 aliphatic rings. The first-order valence-electron chi connectivity index (χ1n) is 6.03. The van der Waals surface area contributed by atoms with Crippen LogP contribution in [-0.2, 0) is 0 Å². The van der Waals surface area contributed by atoms with Gasteiger partial charge >= 0.3 is 0 Å². The third kappa shape index (κ3) is 5.26. The lowest BCUT2D eigenvalue weighted by atomic mass is 10.2. The van der Waals surface area contributed by atoms with E-state index in [1.54, 1.807) is 0 Å². The maximum Gasteiger partial charge on any atom is 0.224 e. The molecule has 0 bridgehead atoms. The molecule has 0 spiro atoms. The Labute approximate surface area is 108 Å². The van der Waals surface area contributed by atoms with Crippen molar-refractivity contribution in [2.24, 2.45) is 0 Å². The van der Waals surface area contributed by atoms with Gasteiger partial charge < -0.3 is 10.6 Å². The molecule has 0 aliphatic heterocycles. The molecule has 0 radical (unpaired) electrons. The van der Waals surface area contributed by atoms with Crippen molar-refractivity contribution in [1.82, 2.24) is 9.97 Å². The van der Waals surface area contributed by atoms with Crippen LogP contribution in [0.1, 0.15) is 26.0 Å². The molecule has 1 aromatic heterocycles. The summed E-state index contributed by atoms with van der Waals surface area (Å²) in [6.07, 6.45) is 1.15. The Balaban J connectivity index is 2.52. The number of nitrogens with one attached hydrogen (secondary N) is 2. The molecule has 1 heterocycles. The van der Waals surface area contributed by atoms with Crippen LogP contribution in [0.5, 0.6) is 0 Å². The van der Waals surface area contributed by atoms with Gasteiger partial charge in [-0.25, -0.2) is 4.98 Å². The predicted molar refractivity (Wildman–Crippen MR) is 77.0 cm³/mol. The van der Waals surface area contributed by atoms with Crippen molar-refractivity contribution >= 4 is 23.5 Å². The summed E-state index contributed by atoms with van der Waals surface area (Å²) in [5.41, 5.74) is 0.974. The maximum absolute atomic E-state index is 4.38. The van der Waals surface area contributed by atoms with Crippen molar-refractivity contribution in [2.45, 2.75) is 33.2 Å². The molecule has 0 amide bonds. The quantitative estimate of drug-likeness (QED) is 0.733. The SMILES string of the molecule is CCSCCC(C)Nc1cc(C)nc(NC)n1. The molecule has 1 atom stereocenters. The third-order valence-corrected chi connectivity index (χ3v) is 3.30. The van der Waals surface area contributed by atoms with E-state index in [1.807, 2.05) is 31.8 Å². The van der Waals surface area contributed by atoms with E-state index in [2.05, 4.69) is 34.4 Å². The fourth-order valence-electron chi connectivity index (χ4n) is 1.48. The molecular weight excluding hydrogens is 232 g/mol. The molecule has 2 N–H and O–H groups in total. The van der Waals surface area contributed by atoms with Crippen LogP contribution in [0.4, 0.5) is 11.8 Å². The largest absolute Gasteiger partial charge is 0.367 e. The van der Waals surface area contributed by atoms with Crippen molar-refractivity contribution in [3.63, 3.8) is 0 Å². The summed E-state index contributed by atoms with van der Waals surface area (Å²) in [6.45, 7) is 6.35. The number of hydrogen-bond acceptors (Lipinski definition) is 5. The van der Waals surface area contributed by atoms with Crippen LogP contribution in [0.2, 0.25) is 0 Å². The van der Waals surface area contributed by atoms with E-state index in [9.17, 15) is 0 Å². The summed E-state index contributed by atoms with van der Waals surface area (Å²) in [7, 11) is 1.83. The Bertz CT molecular complexity index is 343. The summed E-state index contributed by atoms with van der Waals surface area (Å²) < 4.78 is 0. The summed E-state index contributed by atoms with van der Waals surface area (Å²) in [5, 5.41) is 6.38. The molecule has 0 saturated carbocycles. The number of aryl methyl sites for hydroxylation is 1. The Morgan fingerprint density at radius 2 is 2.18 bits per heavy atom. The van der Waals surface area contributed by atoms with Crippen molar-refractivity contribution in [3.05, 3.63) is 11.8 Å². The molecule has 5 heteroatoms. The number of aromatic nitrogens is 2. The molecule has 0 saturated heterocycles. The van der Waals surface area contributed by atoms with Crippen LogP contribution in [0, 0.1) is 6.92 Å². The van der Waals surface area contributed by atoms with Crippen molar-refractivity contribution in [1.29, 1.82) is 0 Å². The highest BCUT2D eigenvalue weighted by Crippen LogP contribution is 2.12. The van der Waals surface area contributed by atoms with Crippen LogP contribution in [0.3, 0.4) is 0 Å². The van der Waals surface area contributed by atoms with E-state index in [-0.39, 0.29) is 0 Å². The van der Waals surface area contributed by atoms with E-state index in [4.69, 9.17) is 0 Å². The van der Waals surface area contributed by atoms with Crippen LogP contribution in [0.25, 0.3) is 0 Å². The van der Waals surface area contributed by atoms with Gasteiger partial charge in [0.15, 0.2) is 0 Å². The first kappa shape index (κ1) is 14.1. The van der Waals surface area contributed by atoms with Crippen LogP contribution >= 0.6 is 11.8 Å². The standard InChI is InChI=1S/C12H22N4S/c1-5-17-7-6-9(2)14-11-8-10(3)15-12(13-4)16-11/h8-9H,5-7H2,1-4H3,(H2,13,14,15,16). The highest BCUT2D eigenvalue weighted by molar-refractivity contribution is 7.99. The van der Waals surface area contributed by atoms with Gasteiger partial charge in [-0.3, -0.25) is 0 Å². The zero-order valence-corrected chi connectivity index (χ0v) is 11.9. The molecular formula is C12H22N4S. The second-order valence-corrected chi connectivity index (χ2v) is 5.39. The first-order chi connectivity index (χ1) is 8.15. The van der Waals surface area contributed by atoms with Crippen molar-refractivity contribution in [2.75, 3.05) is 29.2 Å². The van der Waals surface area contributed by atoms with Crippen LogP contribution < -0.4 is 10.6 Å². The molecule has 0 aliphatic carbocycles. The number of hydrogen-bond donors (Lipinski definition) is 2. The maximum atomic E-state index is 4.38. The van der Waals surface area contributed by atoms with Gasteiger partial charge in [0.1, 0.15) is 5.82 Å². The fourth-order valence-corrected chi connectivity index (χ4v) is 2.29.